The smallest absolute Gasteiger partial charge is 0.340 e. The Bertz CT molecular complexity index is 645. The molecule has 7 heteroatoms. The van der Waals surface area contributed by atoms with Gasteiger partial charge in [-0.1, -0.05) is 0 Å². The Labute approximate surface area is 135 Å². The molecule has 0 spiro atoms. The monoisotopic (exact) mass is 369 g/mol. The Hall–Kier alpha value is -1.60. The summed E-state index contributed by atoms with van der Waals surface area (Å²) in [5, 5.41) is 2.07. The number of anilines is 2. The maximum atomic E-state index is 11.8. The predicted octanol–water partition coefficient (Wildman–Crippen LogP) is 3.30. The van der Waals surface area contributed by atoms with Crippen LogP contribution in [0.4, 0.5) is 11.5 Å². The molecule has 0 atom stereocenters. The number of aromatic nitrogens is 1. The largest absolute Gasteiger partial charge is 0.462 e. The van der Waals surface area contributed by atoms with Crippen molar-refractivity contribution in [3.63, 3.8) is 0 Å². The van der Waals surface area contributed by atoms with Crippen molar-refractivity contribution >= 4 is 44.7 Å². The molecule has 0 saturated carbocycles. The first-order valence-electron chi connectivity index (χ1n) is 6.38. The summed E-state index contributed by atoms with van der Waals surface area (Å²) in [6.45, 7) is 2.77. The van der Waals surface area contributed by atoms with Crippen molar-refractivity contribution in [1.82, 2.24) is 4.98 Å². The highest BCUT2D eigenvalue weighted by Gasteiger charge is 2.14. The van der Waals surface area contributed by atoms with Gasteiger partial charge in [0.15, 0.2) is 0 Å². The van der Waals surface area contributed by atoms with E-state index in [1.807, 2.05) is 11.9 Å². The normalized spacial score (nSPS) is 10.4. The van der Waals surface area contributed by atoms with Crippen LogP contribution in [0.5, 0.6) is 0 Å². The molecule has 0 saturated heterocycles. The summed E-state index contributed by atoms with van der Waals surface area (Å²) in [6, 6.07) is 3.72. The lowest BCUT2D eigenvalue weighted by Crippen LogP contribution is -2.19. The highest BCUT2D eigenvalue weighted by Crippen LogP contribution is 2.24. The zero-order chi connectivity index (χ0) is 15.4. The van der Waals surface area contributed by atoms with Crippen LogP contribution in [0.15, 0.2) is 27.5 Å². The number of rotatable bonds is 5. The van der Waals surface area contributed by atoms with Crippen molar-refractivity contribution in [3.8, 4) is 0 Å². The number of thiophene rings is 1. The fraction of sp³-hybridized carbons (Fsp3) is 0.286. The molecule has 0 aliphatic heterocycles. The van der Waals surface area contributed by atoms with Crippen LogP contribution in [0.25, 0.3) is 0 Å². The molecule has 0 aliphatic rings. The van der Waals surface area contributed by atoms with Crippen LogP contribution in [0, 0.1) is 0 Å². The first-order valence-corrected chi connectivity index (χ1v) is 8.05. The van der Waals surface area contributed by atoms with Gasteiger partial charge in [-0.05, 0) is 45.9 Å². The summed E-state index contributed by atoms with van der Waals surface area (Å²) >= 11 is 5.08. The molecule has 0 unspecified atom stereocenters. The van der Waals surface area contributed by atoms with Crippen molar-refractivity contribution in [3.05, 3.63) is 38.6 Å². The zero-order valence-corrected chi connectivity index (χ0v) is 14.2. The lowest BCUT2D eigenvalue weighted by Gasteiger charge is -2.18. The molecule has 0 fully saturated rings. The highest BCUT2D eigenvalue weighted by atomic mass is 79.9. The molecule has 2 aromatic rings. The van der Waals surface area contributed by atoms with Gasteiger partial charge >= 0.3 is 5.97 Å². The van der Waals surface area contributed by atoms with Crippen LogP contribution in [0.3, 0.4) is 0 Å². The number of pyridine rings is 1. The second kappa shape index (κ2) is 6.91. The van der Waals surface area contributed by atoms with Gasteiger partial charge in [0.05, 0.1) is 27.8 Å². The number of carbonyl (C=O) groups is 1. The molecule has 2 aromatic heterocycles. The third-order valence-electron chi connectivity index (χ3n) is 2.85. The van der Waals surface area contributed by atoms with E-state index in [0.29, 0.717) is 30.2 Å². The van der Waals surface area contributed by atoms with E-state index in [4.69, 9.17) is 10.5 Å². The van der Waals surface area contributed by atoms with Crippen molar-refractivity contribution in [1.29, 1.82) is 0 Å². The maximum Gasteiger partial charge on any atom is 0.340 e. The summed E-state index contributed by atoms with van der Waals surface area (Å²) in [5.41, 5.74) is 7.63. The first-order chi connectivity index (χ1) is 10.0. The average molecular weight is 370 g/mol. The fourth-order valence-corrected chi connectivity index (χ4v) is 3.03. The summed E-state index contributed by atoms with van der Waals surface area (Å²) in [6.07, 6.45) is 1.49. The summed E-state index contributed by atoms with van der Waals surface area (Å²) in [5.74, 6) is 0.250. The molecule has 0 bridgehead atoms. The molecule has 0 radical (unpaired) electrons. The second-order valence-electron chi connectivity index (χ2n) is 4.47. The minimum absolute atomic E-state index is 0.314. The Morgan fingerprint density at radius 2 is 2.29 bits per heavy atom. The number of ether oxygens (including phenoxy) is 1. The standard InChI is InChI=1S/C14H16BrN3O2S/c1-3-20-14(19)10-5-13(17-6-11(10)16)18(2)7-9-4-12(15)21-8-9/h4-6,8H,3,7,16H2,1-2H3. The van der Waals surface area contributed by atoms with E-state index in [0.717, 1.165) is 3.79 Å². The first kappa shape index (κ1) is 15.8. The van der Waals surface area contributed by atoms with Gasteiger partial charge in [0.25, 0.3) is 0 Å². The lowest BCUT2D eigenvalue weighted by atomic mass is 10.2. The lowest BCUT2D eigenvalue weighted by molar-refractivity contribution is 0.0527. The number of carbonyl (C=O) groups excluding carboxylic acids is 1. The molecule has 0 aliphatic carbocycles. The Morgan fingerprint density at radius 1 is 1.52 bits per heavy atom. The van der Waals surface area contributed by atoms with Crippen molar-refractivity contribution in [2.75, 3.05) is 24.3 Å². The minimum atomic E-state index is -0.426. The van der Waals surface area contributed by atoms with Gasteiger partial charge in [-0.25, -0.2) is 9.78 Å². The van der Waals surface area contributed by atoms with Crippen LogP contribution in [-0.2, 0) is 11.3 Å². The van der Waals surface area contributed by atoms with E-state index in [1.54, 1.807) is 24.3 Å². The molecule has 21 heavy (non-hydrogen) atoms. The van der Waals surface area contributed by atoms with Crippen molar-refractivity contribution < 1.29 is 9.53 Å². The third kappa shape index (κ3) is 3.95. The highest BCUT2D eigenvalue weighted by molar-refractivity contribution is 9.11. The number of esters is 1. The van der Waals surface area contributed by atoms with Crippen molar-refractivity contribution in [2.24, 2.45) is 0 Å². The number of halogens is 1. The Kier molecular flexibility index (Phi) is 5.19. The molecule has 5 nitrogen and oxygen atoms in total. The summed E-state index contributed by atoms with van der Waals surface area (Å²) < 4.78 is 6.08. The van der Waals surface area contributed by atoms with Crippen LogP contribution in [-0.4, -0.2) is 24.6 Å². The quantitative estimate of drug-likeness (QED) is 0.818. The molecule has 0 amide bonds. The van der Waals surface area contributed by atoms with E-state index in [9.17, 15) is 4.79 Å². The number of hydrogen-bond donors (Lipinski definition) is 1. The summed E-state index contributed by atoms with van der Waals surface area (Å²) in [4.78, 5) is 18.1. The van der Waals surface area contributed by atoms with Crippen LogP contribution < -0.4 is 10.6 Å². The number of nitrogen functional groups attached to an aromatic ring is 1. The van der Waals surface area contributed by atoms with Gasteiger partial charge in [0.1, 0.15) is 5.82 Å². The van der Waals surface area contributed by atoms with Crippen LogP contribution in [0.1, 0.15) is 22.8 Å². The number of hydrogen-bond acceptors (Lipinski definition) is 6. The van der Waals surface area contributed by atoms with E-state index in [2.05, 4.69) is 32.4 Å². The third-order valence-corrected chi connectivity index (χ3v) is 4.40. The average Bonchev–Trinajstić information content (AvgIpc) is 2.84. The Balaban J connectivity index is 2.19. The van der Waals surface area contributed by atoms with E-state index >= 15 is 0 Å². The molecule has 0 aromatic carbocycles. The van der Waals surface area contributed by atoms with Gasteiger partial charge in [-0.3, -0.25) is 0 Å². The molecule has 2 heterocycles. The van der Waals surface area contributed by atoms with Crippen LogP contribution in [0.2, 0.25) is 0 Å². The second-order valence-corrected chi connectivity index (χ2v) is 6.76. The van der Waals surface area contributed by atoms with Gasteiger partial charge in [-0.15, -0.1) is 11.3 Å². The van der Waals surface area contributed by atoms with Gasteiger partial charge in [-0.2, -0.15) is 0 Å². The molecule has 2 N–H and O–H groups in total. The maximum absolute atomic E-state index is 11.8. The predicted molar refractivity (Wildman–Crippen MR) is 88.7 cm³/mol. The Morgan fingerprint density at radius 3 is 2.90 bits per heavy atom. The molecule has 2 rings (SSSR count). The van der Waals surface area contributed by atoms with Gasteiger partial charge < -0.3 is 15.4 Å². The minimum Gasteiger partial charge on any atom is -0.462 e. The SMILES string of the molecule is CCOC(=O)c1cc(N(C)Cc2csc(Br)c2)ncc1N. The van der Waals surface area contributed by atoms with E-state index < -0.39 is 5.97 Å². The fourth-order valence-electron chi connectivity index (χ4n) is 1.83. The van der Waals surface area contributed by atoms with E-state index in [1.165, 1.54) is 11.8 Å². The topological polar surface area (TPSA) is 68.5 Å². The number of nitrogens with zero attached hydrogens (tertiary/aromatic N) is 2. The number of nitrogens with two attached hydrogens (primary N) is 1. The zero-order valence-electron chi connectivity index (χ0n) is 11.8. The van der Waals surface area contributed by atoms with Gasteiger partial charge in [0.2, 0.25) is 0 Å². The van der Waals surface area contributed by atoms with E-state index in [-0.39, 0.29) is 0 Å². The molecular formula is C14H16BrN3O2S. The van der Waals surface area contributed by atoms with Gasteiger partial charge in [0, 0.05) is 13.6 Å². The molecule has 112 valence electrons. The summed E-state index contributed by atoms with van der Waals surface area (Å²) in [7, 11) is 1.92. The van der Waals surface area contributed by atoms with Crippen LogP contribution >= 0.6 is 27.3 Å². The van der Waals surface area contributed by atoms with Crippen molar-refractivity contribution in [2.45, 2.75) is 13.5 Å². The molecular weight excluding hydrogens is 354 g/mol.